The van der Waals surface area contributed by atoms with Crippen molar-refractivity contribution in [1.29, 1.82) is 0 Å². The van der Waals surface area contributed by atoms with Crippen LogP contribution < -0.4 is 15.5 Å². The largest absolute Gasteiger partial charge is 0.497 e. The molecule has 0 atom stereocenters. The summed E-state index contributed by atoms with van der Waals surface area (Å²) in [5, 5.41) is 3.23. The average Bonchev–Trinajstić information content (AvgIpc) is 2.59. The van der Waals surface area contributed by atoms with E-state index in [-0.39, 0.29) is 11.0 Å². The first-order valence-electron chi connectivity index (χ1n) is 7.58. The van der Waals surface area contributed by atoms with Crippen LogP contribution in [0, 0.1) is 13.8 Å². The Morgan fingerprint density at radius 3 is 2.71 bits per heavy atom. The molecule has 0 saturated carbocycles. The lowest BCUT2D eigenvalue weighted by Crippen LogP contribution is -2.22. The fourth-order valence-electron chi connectivity index (χ4n) is 2.57. The van der Waals surface area contributed by atoms with Crippen LogP contribution in [0.15, 0.2) is 47.4 Å². The standard InChI is InChI=1S/C19H18N2O3/c1-11-5-4-6-16(12(11)2)21-19(23)15-10-20-17-8-7-13(24-3)9-14(17)18(15)22/h4-10H,1-3H3,(H,20,22)(H,21,23). The van der Waals surface area contributed by atoms with Crippen LogP contribution in [-0.4, -0.2) is 18.0 Å². The molecule has 0 aliphatic carbocycles. The number of aryl methyl sites for hydroxylation is 1. The van der Waals surface area contributed by atoms with Gasteiger partial charge in [0, 0.05) is 22.8 Å². The summed E-state index contributed by atoms with van der Waals surface area (Å²) in [5.41, 5.74) is 3.14. The molecular weight excluding hydrogens is 304 g/mol. The van der Waals surface area contributed by atoms with Crippen LogP contribution >= 0.6 is 0 Å². The molecule has 24 heavy (non-hydrogen) atoms. The fourth-order valence-corrected chi connectivity index (χ4v) is 2.57. The first kappa shape index (κ1) is 15.8. The number of carbonyl (C=O) groups excluding carboxylic acids is 1. The van der Waals surface area contributed by atoms with E-state index in [1.165, 1.54) is 13.3 Å². The van der Waals surface area contributed by atoms with Crippen molar-refractivity contribution in [3.63, 3.8) is 0 Å². The maximum absolute atomic E-state index is 12.6. The van der Waals surface area contributed by atoms with E-state index in [2.05, 4.69) is 10.3 Å². The van der Waals surface area contributed by atoms with Crippen molar-refractivity contribution in [2.24, 2.45) is 0 Å². The number of hydrogen-bond acceptors (Lipinski definition) is 3. The lowest BCUT2D eigenvalue weighted by atomic mass is 10.1. The molecule has 2 aromatic carbocycles. The van der Waals surface area contributed by atoms with Crippen molar-refractivity contribution in [3.05, 3.63) is 69.5 Å². The highest BCUT2D eigenvalue weighted by atomic mass is 16.5. The van der Waals surface area contributed by atoms with Gasteiger partial charge >= 0.3 is 0 Å². The van der Waals surface area contributed by atoms with E-state index in [9.17, 15) is 9.59 Å². The molecule has 2 N–H and O–H groups in total. The minimum Gasteiger partial charge on any atom is -0.497 e. The van der Waals surface area contributed by atoms with Crippen LogP contribution in [0.1, 0.15) is 21.5 Å². The second-order valence-electron chi connectivity index (χ2n) is 5.64. The molecule has 0 saturated heterocycles. The van der Waals surface area contributed by atoms with Crippen LogP contribution in [-0.2, 0) is 0 Å². The molecule has 0 fully saturated rings. The Bertz CT molecular complexity index is 990. The molecule has 0 aliphatic heterocycles. The molecule has 0 bridgehead atoms. The molecule has 5 heteroatoms. The number of pyridine rings is 1. The van der Waals surface area contributed by atoms with E-state index in [0.717, 1.165) is 11.1 Å². The average molecular weight is 322 g/mol. The van der Waals surface area contributed by atoms with Crippen molar-refractivity contribution in [2.45, 2.75) is 13.8 Å². The highest BCUT2D eigenvalue weighted by Crippen LogP contribution is 2.20. The third-order valence-corrected chi connectivity index (χ3v) is 4.19. The van der Waals surface area contributed by atoms with Crippen molar-refractivity contribution in [2.75, 3.05) is 12.4 Å². The van der Waals surface area contributed by atoms with Crippen LogP contribution in [0.2, 0.25) is 0 Å². The molecule has 3 aromatic rings. The highest BCUT2D eigenvalue weighted by molar-refractivity contribution is 6.06. The van der Waals surface area contributed by atoms with Crippen LogP contribution in [0.3, 0.4) is 0 Å². The van der Waals surface area contributed by atoms with E-state index in [4.69, 9.17) is 4.74 Å². The minimum absolute atomic E-state index is 0.0664. The number of carbonyl (C=O) groups is 1. The predicted molar refractivity (Wildman–Crippen MR) is 95.0 cm³/mol. The smallest absolute Gasteiger partial charge is 0.261 e. The number of nitrogens with one attached hydrogen (secondary N) is 2. The molecule has 5 nitrogen and oxygen atoms in total. The molecule has 1 amide bonds. The summed E-state index contributed by atoms with van der Waals surface area (Å²) in [4.78, 5) is 28.2. The van der Waals surface area contributed by atoms with Gasteiger partial charge in [-0.25, -0.2) is 0 Å². The third kappa shape index (κ3) is 2.76. The second-order valence-corrected chi connectivity index (χ2v) is 5.64. The van der Waals surface area contributed by atoms with E-state index < -0.39 is 5.91 Å². The van der Waals surface area contributed by atoms with Crippen molar-refractivity contribution in [3.8, 4) is 5.75 Å². The summed E-state index contributed by atoms with van der Waals surface area (Å²) >= 11 is 0. The van der Waals surface area contributed by atoms with E-state index in [1.807, 2.05) is 32.0 Å². The van der Waals surface area contributed by atoms with Gasteiger partial charge in [-0.05, 0) is 49.2 Å². The number of H-pyrrole nitrogens is 1. The number of amides is 1. The molecule has 0 spiro atoms. The van der Waals surface area contributed by atoms with Gasteiger partial charge in [0.2, 0.25) is 5.43 Å². The predicted octanol–water partition coefficient (Wildman–Crippen LogP) is 3.41. The fraction of sp³-hybridized carbons (Fsp3) is 0.158. The summed E-state index contributed by atoms with van der Waals surface area (Å²) in [6.45, 7) is 3.90. The Morgan fingerprint density at radius 2 is 1.96 bits per heavy atom. The van der Waals surface area contributed by atoms with E-state index in [1.54, 1.807) is 18.2 Å². The molecule has 1 heterocycles. The van der Waals surface area contributed by atoms with Crippen LogP contribution in [0.25, 0.3) is 10.9 Å². The lowest BCUT2D eigenvalue weighted by molar-refractivity contribution is 0.102. The Balaban J connectivity index is 2.02. The zero-order chi connectivity index (χ0) is 17.3. The number of aromatic nitrogens is 1. The maximum atomic E-state index is 12.6. The normalized spacial score (nSPS) is 10.6. The van der Waals surface area contributed by atoms with Gasteiger partial charge in [-0.15, -0.1) is 0 Å². The van der Waals surface area contributed by atoms with E-state index in [0.29, 0.717) is 22.3 Å². The molecule has 1 aromatic heterocycles. The summed E-state index contributed by atoms with van der Waals surface area (Å²) in [5.74, 6) is 0.134. The summed E-state index contributed by atoms with van der Waals surface area (Å²) in [6.07, 6.45) is 1.44. The quantitative estimate of drug-likeness (QED) is 0.776. The zero-order valence-corrected chi connectivity index (χ0v) is 13.8. The van der Waals surface area contributed by atoms with Crippen LogP contribution in [0.4, 0.5) is 5.69 Å². The Kier molecular flexibility index (Phi) is 4.08. The van der Waals surface area contributed by atoms with Gasteiger partial charge in [0.05, 0.1) is 7.11 Å². The van der Waals surface area contributed by atoms with E-state index >= 15 is 0 Å². The second kappa shape index (κ2) is 6.20. The molecule has 3 rings (SSSR count). The molecule has 122 valence electrons. The molecule has 0 aliphatic rings. The monoisotopic (exact) mass is 322 g/mol. The summed E-state index contributed by atoms with van der Waals surface area (Å²) < 4.78 is 5.15. The number of aromatic amines is 1. The van der Waals surface area contributed by atoms with Gasteiger partial charge in [0.1, 0.15) is 11.3 Å². The van der Waals surface area contributed by atoms with Gasteiger partial charge < -0.3 is 15.0 Å². The minimum atomic E-state index is -0.435. The number of hydrogen-bond donors (Lipinski definition) is 2. The number of methoxy groups -OCH3 is 1. The first-order chi connectivity index (χ1) is 11.5. The third-order valence-electron chi connectivity index (χ3n) is 4.19. The number of anilines is 1. The van der Waals surface area contributed by atoms with Gasteiger partial charge in [-0.3, -0.25) is 9.59 Å². The van der Waals surface area contributed by atoms with Gasteiger partial charge in [0.15, 0.2) is 0 Å². The molecule has 0 radical (unpaired) electrons. The highest BCUT2D eigenvalue weighted by Gasteiger charge is 2.15. The van der Waals surface area contributed by atoms with Crippen molar-refractivity contribution < 1.29 is 9.53 Å². The van der Waals surface area contributed by atoms with Crippen molar-refractivity contribution >= 4 is 22.5 Å². The molecule has 0 unspecified atom stereocenters. The van der Waals surface area contributed by atoms with Crippen molar-refractivity contribution in [1.82, 2.24) is 4.98 Å². The lowest BCUT2D eigenvalue weighted by Gasteiger charge is -2.10. The number of fused-ring (bicyclic) bond motifs is 1. The number of rotatable bonds is 3. The first-order valence-corrected chi connectivity index (χ1v) is 7.58. The molecular formula is C19H18N2O3. The maximum Gasteiger partial charge on any atom is 0.261 e. The van der Waals surface area contributed by atoms with Gasteiger partial charge in [-0.1, -0.05) is 12.1 Å². The Labute approximate surface area is 139 Å². The number of benzene rings is 2. The Hall–Kier alpha value is -3.08. The van der Waals surface area contributed by atoms with Gasteiger partial charge in [0.25, 0.3) is 5.91 Å². The van der Waals surface area contributed by atoms with Crippen LogP contribution in [0.5, 0.6) is 5.75 Å². The summed E-state index contributed by atoms with van der Waals surface area (Å²) in [6, 6.07) is 10.8. The van der Waals surface area contributed by atoms with Gasteiger partial charge in [-0.2, -0.15) is 0 Å². The summed E-state index contributed by atoms with van der Waals surface area (Å²) in [7, 11) is 1.53. The Morgan fingerprint density at radius 1 is 1.17 bits per heavy atom. The zero-order valence-electron chi connectivity index (χ0n) is 13.8. The topological polar surface area (TPSA) is 71.2 Å². The number of ether oxygens (including phenoxy) is 1. The SMILES string of the molecule is COc1ccc2[nH]cc(C(=O)Nc3cccc(C)c3C)c(=O)c2c1.